The Kier molecular flexibility index (Phi) is 9.91. The second-order valence-electron chi connectivity index (χ2n) is 8.69. The molecule has 1 amide bonds. The number of benzene rings is 1. The maximum Gasteiger partial charge on any atom is 0.251 e. The minimum absolute atomic E-state index is 0. The first-order valence-electron chi connectivity index (χ1n) is 11.9. The third-order valence-corrected chi connectivity index (χ3v) is 6.61. The Morgan fingerprint density at radius 3 is 2.48 bits per heavy atom. The SMILES string of the molecule is CN=C(NCc1cccc(OC)c1OC1CCCC1)N1CCN(C(=O)C2CCCO2)CC1.I. The average molecular weight is 572 g/mol. The number of amides is 1. The van der Waals surface area contributed by atoms with Gasteiger partial charge in [-0.15, -0.1) is 24.0 Å². The van der Waals surface area contributed by atoms with Crippen LogP contribution in [-0.4, -0.2) is 80.8 Å². The Bertz CT molecular complexity index is 802. The summed E-state index contributed by atoms with van der Waals surface area (Å²) in [5.41, 5.74) is 1.06. The molecule has 33 heavy (non-hydrogen) atoms. The topological polar surface area (TPSA) is 75.6 Å². The van der Waals surface area contributed by atoms with E-state index in [1.807, 2.05) is 17.0 Å². The lowest BCUT2D eigenvalue weighted by Gasteiger charge is -2.37. The first-order valence-corrected chi connectivity index (χ1v) is 11.9. The maximum absolute atomic E-state index is 12.6. The summed E-state index contributed by atoms with van der Waals surface area (Å²) in [4.78, 5) is 21.2. The Balaban J connectivity index is 0.00000306. The van der Waals surface area contributed by atoms with Gasteiger partial charge in [-0.05, 0) is 44.6 Å². The van der Waals surface area contributed by atoms with Gasteiger partial charge in [0.25, 0.3) is 5.91 Å². The number of carbonyl (C=O) groups excluding carboxylic acids is 1. The molecule has 8 nitrogen and oxygen atoms in total. The summed E-state index contributed by atoms with van der Waals surface area (Å²) >= 11 is 0. The molecule has 1 aromatic carbocycles. The number of nitrogens with zero attached hydrogens (tertiary/aromatic N) is 3. The second-order valence-corrected chi connectivity index (χ2v) is 8.69. The molecular weight excluding hydrogens is 535 g/mol. The van der Waals surface area contributed by atoms with E-state index in [0.29, 0.717) is 26.2 Å². The number of aliphatic imine (C=N–C) groups is 1. The molecule has 1 unspecified atom stereocenters. The summed E-state index contributed by atoms with van der Waals surface area (Å²) in [5, 5.41) is 3.48. The standard InChI is InChI=1S/C24H36N4O4.HI/c1-25-24(28-14-12-27(13-15-28)23(29)21-11-6-16-31-21)26-17-18-7-5-10-20(30-2)22(18)32-19-8-3-4-9-19;/h5,7,10,19,21H,3-4,6,8-9,11-17H2,1-2H3,(H,25,26);1H. The molecule has 0 spiro atoms. The van der Waals surface area contributed by atoms with Crippen molar-refractivity contribution in [3.63, 3.8) is 0 Å². The first-order chi connectivity index (χ1) is 15.7. The van der Waals surface area contributed by atoms with Gasteiger partial charge in [0.05, 0.1) is 13.2 Å². The molecule has 3 aliphatic rings. The van der Waals surface area contributed by atoms with Crippen molar-refractivity contribution in [3.8, 4) is 11.5 Å². The van der Waals surface area contributed by atoms with Gasteiger partial charge in [0.2, 0.25) is 0 Å². The van der Waals surface area contributed by atoms with Crippen LogP contribution in [0.4, 0.5) is 0 Å². The smallest absolute Gasteiger partial charge is 0.251 e. The molecule has 0 bridgehead atoms. The molecule has 9 heteroatoms. The zero-order chi connectivity index (χ0) is 22.3. The third kappa shape index (κ3) is 6.44. The van der Waals surface area contributed by atoms with Gasteiger partial charge in [0.1, 0.15) is 6.10 Å². The van der Waals surface area contributed by atoms with Crippen molar-refractivity contribution in [2.45, 2.75) is 57.3 Å². The highest BCUT2D eigenvalue weighted by molar-refractivity contribution is 14.0. The van der Waals surface area contributed by atoms with Crippen molar-refractivity contribution < 1.29 is 19.0 Å². The lowest BCUT2D eigenvalue weighted by Crippen LogP contribution is -2.55. The third-order valence-electron chi connectivity index (χ3n) is 6.61. The molecule has 2 aliphatic heterocycles. The van der Waals surface area contributed by atoms with Gasteiger partial charge in [-0.25, -0.2) is 0 Å². The largest absolute Gasteiger partial charge is 0.493 e. The van der Waals surface area contributed by atoms with E-state index in [4.69, 9.17) is 14.2 Å². The zero-order valence-electron chi connectivity index (χ0n) is 19.8. The van der Waals surface area contributed by atoms with E-state index in [1.165, 1.54) is 12.8 Å². The van der Waals surface area contributed by atoms with Crippen LogP contribution in [0.2, 0.25) is 0 Å². The zero-order valence-corrected chi connectivity index (χ0v) is 22.1. The fourth-order valence-electron chi connectivity index (χ4n) is 4.79. The number of rotatable bonds is 6. The highest BCUT2D eigenvalue weighted by atomic mass is 127. The summed E-state index contributed by atoms with van der Waals surface area (Å²) < 4.78 is 17.5. The Morgan fingerprint density at radius 2 is 1.85 bits per heavy atom. The van der Waals surface area contributed by atoms with Gasteiger partial charge in [0.15, 0.2) is 17.5 Å². The number of carbonyl (C=O) groups is 1. The minimum atomic E-state index is -0.245. The van der Waals surface area contributed by atoms with E-state index in [2.05, 4.69) is 21.3 Å². The molecule has 1 aromatic rings. The van der Waals surface area contributed by atoms with Crippen molar-refractivity contribution in [1.82, 2.24) is 15.1 Å². The number of piperazine rings is 1. The van der Waals surface area contributed by atoms with Crippen LogP contribution in [-0.2, 0) is 16.1 Å². The summed E-state index contributed by atoms with van der Waals surface area (Å²) in [7, 11) is 3.48. The van der Waals surface area contributed by atoms with Crippen LogP contribution < -0.4 is 14.8 Å². The molecule has 3 fully saturated rings. The van der Waals surface area contributed by atoms with Crippen LogP contribution in [0.5, 0.6) is 11.5 Å². The molecule has 1 atom stereocenters. The average Bonchev–Trinajstić information content (AvgIpc) is 3.55. The Hall–Kier alpha value is -1.75. The summed E-state index contributed by atoms with van der Waals surface area (Å²) in [6.45, 7) is 4.18. The van der Waals surface area contributed by atoms with Crippen LogP contribution in [0.15, 0.2) is 23.2 Å². The fourth-order valence-corrected chi connectivity index (χ4v) is 4.79. The van der Waals surface area contributed by atoms with Crippen LogP contribution >= 0.6 is 24.0 Å². The Labute approximate surface area is 214 Å². The number of hydrogen-bond acceptors (Lipinski definition) is 5. The fraction of sp³-hybridized carbons (Fsp3) is 0.667. The number of nitrogens with one attached hydrogen (secondary N) is 1. The van der Waals surface area contributed by atoms with Crippen LogP contribution in [0.1, 0.15) is 44.1 Å². The van der Waals surface area contributed by atoms with Crippen LogP contribution in [0.3, 0.4) is 0 Å². The second kappa shape index (κ2) is 12.6. The molecular formula is C24H37IN4O4. The van der Waals surface area contributed by atoms with Gasteiger partial charge in [-0.2, -0.15) is 0 Å². The van der Waals surface area contributed by atoms with Gasteiger partial charge in [0, 0.05) is 51.9 Å². The van der Waals surface area contributed by atoms with Crippen LogP contribution in [0, 0.1) is 0 Å². The normalized spacial score (nSPS) is 21.6. The van der Waals surface area contributed by atoms with E-state index in [0.717, 1.165) is 61.8 Å². The first kappa shape index (κ1) is 25.9. The lowest BCUT2D eigenvalue weighted by atomic mass is 10.1. The van der Waals surface area contributed by atoms with E-state index >= 15 is 0 Å². The predicted octanol–water partition coefficient (Wildman–Crippen LogP) is 3.03. The van der Waals surface area contributed by atoms with Crippen molar-refractivity contribution >= 4 is 35.8 Å². The molecule has 2 saturated heterocycles. The maximum atomic E-state index is 12.6. The predicted molar refractivity (Wildman–Crippen MR) is 139 cm³/mol. The molecule has 1 aliphatic carbocycles. The van der Waals surface area contributed by atoms with Gasteiger partial charge in [-0.3, -0.25) is 9.79 Å². The van der Waals surface area contributed by atoms with Gasteiger partial charge < -0.3 is 29.3 Å². The van der Waals surface area contributed by atoms with Gasteiger partial charge in [-0.1, -0.05) is 12.1 Å². The highest BCUT2D eigenvalue weighted by Gasteiger charge is 2.31. The lowest BCUT2D eigenvalue weighted by molar-refractivity contribution is -0.142. The Morgan fingerprint density at radius 1 is 1.12 bits per heavy atom. The van der Waals surface area contributed by atoms with Crippen molar-refractivity contribution in [1.29, 1.82) is 0 Å². The number of guanidine groups is 1. The van der Waals surface area contributed by atoms with E-state index in [-0.39, 0.29) is 42.1 Å². The molecule has 1 saturated carbocycles. The number of ether oxygens (including phenoxy) is 3. The minimum Gasteiger partial charge on any atom is -0.493 e. The summed E-state index contributed by atoms with van der Waals surface area (Å²) in [5.74, 6) is 2.57. The highest BCUT2D eigenvalue weighted by Crippen LogP contribution is 2.34. The molecule has 4 rings (SSSR count). The number of methoxy groups -OCH3 is 1. The molecule has 1 N–H and O–H groups in total. The summed E-state index contributed by atoms with van der Waals surface area (Å²) in [6, 6.07) is 6.02. The summed E-state index contributed by atoms with van der Waals surface area (Å²) in [6.07, 6.45) is 6.48. The molecule has 0 aromatic heterocycles. The number of para-hydroxylation sites is 1. The number of hydrogen-bond donors (Lipinski definition) is 1. The van der Waals surface area contributed by atoms with E-state index in [1.54, 1.807) is 14.2 Å². The van der Waals surface area contributed by atoms with Crippen LogP contribution in [0.25, 0.3) is 0 Å². The van der Waals surface area contributed by atoms with Crippen molar-refractivity contribution in [3.05, 3.63) is 23.8 Å². The molecule has 2 heterocycles. The van der Waals surface area contributed by atoms with E-state index in [9.17, 15) is 4.79 Å². The number of halogens is 1. The monoisotopic (exact) mass is 572 g/mol. The van der Waals surface area contributed by atoms with Gasteiger partial charge >= 0.3 is 0 Å². The van der Waals surface area contributed by atoms with E-state index < -0.39 is 0 Å². The van der Waals surface area contributed by atoms with Crippen molar-refractivity contribution in [2.75, 3.05) is 46.9 Å². The molecule has 184 valence electrons. The molecule has 0 radical (unpaired) electrons. The quantitative estimate of drug-likeness (QED) is 0.321. The van der Waals surface area contributed by atoms with Crippen molar-refractivity contribution in [2.24, 2.45) is 4.99 Å².